The molecule has 3 rings (SSSR count). The van der Waals surface area contributed by atoms with Crippen LogP contribution in [0.4, 0.5) is 5.69 Å². The molecular formula is C19H19N5O3S. The SMILES string of the molecule is CSc1ccc([N+](=O)[O-])c(C(=O)NCc2ccc(-n3nc(C)cc3C)nc2)c1. The van der Waals surface area contributed by atoms with E-state index in [0.717, 1.165) is 21.8 Å². The molecule has 8 nitrogen and oxygen atoms in total. The second-order valence-corrected chi connectivity index (χ2v) is 7.07. The molecule has 0 radical (unpaired) electrons. The summed E-state index contributed by atoms with van der Waals surface area (Å²) in [7, 11) is 0. The van der Waals surface area contributed by atoms with Crippen molar-refractivity contribution in [1.82, 2.24) is 20.1 Å². The number of carbonyl (C=O) groups excluding carboxylic acids is 1. The van der Waals surface area contributed by atoms with Crippen LogP contribution in [0.5, 0.6) is 0 Å². The van der Waals surface area contributed by atoms with Crippen molar-refractivity contribution in [2.45, 2.75) is 25.3 Å². The van der Waals surface area contributed by atoms with E-state index >= 15 is 0 Å². The van der Waals surface area contributed by atoms with E-state index < -0.39 is 10.8 Å². The molecule has 0 saturated carbocycles. The van der Waals surface area contributed by atoms with E-state index in [1.165, 1.54) is 23.9 Å². The molecule has 9 heteroatoms. The Balaban J connectivity index is 1.73. The summed E-state index contributed by atoms with van der Waals surface area (Å²) >= 11 is 1.42. The average molecular weight is 397 g/mol. The normalized spacial score (nSPS) is 10.7. The third-order valence-electron chi connectivity index (χ3n) is 4.13. The standard InChI is InChI=1S/C19H19N5O3S/c1-12-8-13(2)23(22-12)18-7-4-14(10-20-18)11-21-19(25)16-9-15(28-3)5-6-17(16)24(26)27/h4-10H,11H2,1-3H3,(H,21,25). The van der Waals surface area contributed by atoms with Gasteiger partial charge in [0.05, 0.1) is 10.6 Å². The number of hydrogen-bond donors (Lipinski definition) is 1. The first-order chi connectivity index (χ1) is 13.4. The number of nitro groups is 1. The van der Waals surface area contributed by atoms with Gasteiger partial charge in [-0.3, -0.25) is 14.9 Å². The lowest BCUT2D eigenvalue weighted by Crippen LogP contribution is -2.24. The Hall–Kier alpha value is -3.20. The molecule has 0 atom stereocenters. The van der Waals surface area contributed by atoms with E-state index in [9.17, 15) is 14.9 Å². The molecule has 2 heterocycles. The van der Waals surface area contributed by atoms with Crippen molar-refractivity contribution in [3.8, 4) is 5.82 Å². The summed E-state index contributed by atoms with van der Waals surface area (Å²) < 4.78 is 1.75. The topological polar surface area (TPSA) is 103 Å². The molecule has 0 spiro atoms. The van der Waals surface area contributed by atoms with Crippen LogP contribution < -0.4 is 5.32 Å². The van der Waals surface area contributed by atoms with Gasteiger partial charge in [0, 0.05) is 29.4 Å². The van der Waals surface area contributed by atoms with Crippen LogP contribution in [0, 0.1) is 24.0 Å². The molecule has 1 amide bonds. The van der Waals surface area contributed by atoms with Crippen LogP contribution in [0.1, 0.15) is 27.3 Å². The first kappa shape index (κ1) is 19.6. The summed E-state index contributed by atoms with van der Waals surface area (Å²) in [6.07, 6.45) is 3.50. The highest BCUT2D eigenvalue weighted by molar-refractivity contribution is 7.98. The highest BCUT2D eigenvalue weighted by Crippen LogP contribution is 2.24. The van der Waals surface area contributed by atoms with Gasteiger partial charge in [-0.05, 0) is 49.9 Å². The number of nitrogens with one attached hydrogen (secondary N) is 1. The van der Waals surface area contributed by atoms with Crippen LogP contribution in [0.25, 0.3) is 5.82 Å². The quantitative estimate of drug-likeness (QED) is 0.388. The third kappa shape index (κ3) is 4.20. The summed E-state index contributed by atoms with van der Waals surface area (Å²) in [5.74, 6) is 0.189. The van der Waals surface area contributed by atoms with Crippen LogP contribution in [-0.4, -0.2) is 31.9 Å². The first-order valence-electron chi connectivity index (χ1n) is 8.48. The van der Waals surface area contributed by atoms with Gasteiger partial charge in [0.25, 0.3) is 11.6 Å². The zero-order valence-corrected chi connectivity index (χ0v) is 16.5. The molecule has 0 unspecified atom stereocenters. The molecule has 0 bridgehead atoms. The summed E-state index contributed by atoms with van der Waals surface area (Å²) in [5, 5.41) is 18.3. The Morgan fingerprint density at radius 1 is 1.25 bits per heavy atom. The second kappa shape index (κ2) is 8.22. The largest absolute Gasteiger partial charge is 0.348 e. The van der Waals surface area contributed by atoms with Gasteiger partial charge in [-0.25, -0.2) is 9.67 Å². The van der Waals surface area contributed by atoms with Crippen LogP contribution in [0.15, 0.2) is 47.5 Å². The summed E-state index contributed by atoms with van der Waals surface area (Å²) in [5.41, 5.74) is 2.50. The van der Waals surface area contributed by atoms with Gasteiger partial charge in [-0.15, -0.1) is 11.8 Å². The zero-order valence-electron chi connectivity index (χ0n) is 15.7. The monoisotopic (exact) mass is 397 g/mol. The Labute approximate surface area is 166 Å². The van der Waals surface area contributed by atoms with Gasteiger partial charge in [0.1, 0.15) is 5.56 Å². The molecule has 3 aromatic rings. The van der Waals surface area contributed by atoms with Gasteiger partial charge in [0.15, 0.2) is 5.82 Å². The van der Waals surface area contributed by atoms with Crippen LogP contribution in [0.2, 0.25) is 0 Å². The highest BCUT2D eigenvalue weighted by Gasteiger charge is 2.20. The maximum Gasteiger partial charge on any atom is 0.282 e. The molecule has 0 aliphatic rings. The predicted molar refractivity (Wildman–Crippen MR) is 107 cm³/mol. The number of rotatable bonds is 6. The number of nitro benzene ring substituents is 1. The van der Waals surface area contributed by atoms with Crippen LogP contribution >= 0.6 is 11.8 Å². The molecule has 2 aromatic heterocycles. The number of benzene rings is 1. The van der Waals surface area contributed by atoms with Crippen molar-refractivity contribution >= 4 is 23.4 Å². The lowest BCUT2D eigenvalue weighted by Gasteiger charge is -2.08. The lowest BCUT2D eigenvalue weighted by atomic mass is 10.1. The third-order valence-corrected chi connectivity index (χ3v) is 4.86. The molecule has 1 aromatic carbocycles. The Morgan fingerprint density at radius 3 is 2.61 bits per heavy atom. The molecule has 1 N–H and O–H groups in total. The number of aromatic nitrogens is 3. The van der Waals surface area contributed by atoms with Crippen molar-refractivity contribution in [2.75, 3.05) is 6.26 Å². The van der Waals surface area contributed by atoms with E-state index in [-0.39, 0.29) is 17.8 Å². The minimum Gasteiger partial charge on any atom is -0.348 e. The van der Waals surface area contributed by atoms with Crippen LogP contribution in [-0.2, 0) is 6.54 Å². The number of carbonyl (C=O) groups is 1. The summed E-state index contributed by atoms with van der Waals surface area (Å²) in [6.45, 7) is 4.08. The van der Waals surface area contributed by atoms with Crippen molar-refractivity contribution in [3.05, 3.63) is 75.2 Å². The smallest absolute Gasteiger partial charge is 0.282 e. The van der Waals surface area contributed by atoms with Gasteiger partial charge < -0.3 is 5.32 Å². The zero-order chi connectivity index (χ0) is 20.3. The maximum absolute atomic E-state index is 12.5. The van der Waals surface area contributed by atoms with Crippen molar-refractivity contribution in [3.63, 3.8) is 0 Å². The molecule has 0 aliphatic heterocycles. The number of thioether (sulfide) groups is 1. The molecular weight excluding hydrogens is 378 g/mol. The van der Waals surface area contributed by atoms with E-state index in [4.69, 9.17) is 0 Å². The van der Waals surface area contributed by atoms with Crippen molar-refractivity contribution in [1.29, 1.82) is 0 Å². The van der Waals surface area contributed by atoms with Crippen molar-refractivity contribution < 1.29 is 9.72 Å². The predicted octanol–water partition coefficient (Wildman–Crippen LogP) is 3.44. The number of amides is 1. The fraction of sp³-hybridized carbons (Fsp3) is 0.211. The number of pyridine rings is 1. The average Bonchev–Trinajstić information content (AvgIpc) is 3.03. The minimum atomic E-state index is -0.552. The molecule has 0 fully saturated rings. The second-order valence-electron chi connectivity index (χ2n) is 6.19. The van der Waals surface area contributed by atoms with E-state index in [0.29, 0.717) is 5.82 Å². The maximum atomic E-state index is 12.5. The van der Waals surface area contributed by atoms with E-state index in [2.05, 4.69) is 15.4 Å². The Bertz CT molecular complexity index is 1030. The minimum absolute atomic E-state index is 0.0454. The number of aryl methyl sites for hydroxylation is 2. The summed E-state index contributed by atoms with van der Waals surface area (Å²) in [4.78, 5) is 28.3. The highest BCUT2D eigenvalue weighted by atomic mass is 32.2. The molecule has 0 aliphatic carbocycles. The molecule has 144 valence electrons. The van der Waals surface area contributed by atoms with Gasteiger partial charge in [-0.2, -0.15) is 5.10 Å². The van der Waals surface area contributed by atoms with Gasteiger partial charge >= 0.3 is 0 Å². The summed E-state index contributed by atoms with van der Waals surface area (Å²) in [6, 6.07) is 10.1. The van der Waals surface area contributed by atoms with Gasteiger partial charge in [0.2, 0.25) is 0 Å². The fourth-order valence-corrected chi connectivity index (χ4v) is 3.21. The Kier molecular flexibility index (Phi) is 5.74. The first-order valence-corrected chi connectivity index (χ1v) is 9.70. The number of hydrogen-bond acceptors (Lipinski definition) is 6. The Morgan fingerprint density at radius 2 is 2.04 bits per heavy atom. The molecule has 0 saturated heterocycles. The van der Waals surface area contributed by atoms with E-state index in [1.807, 2.05) is 38.3 Å². The van der Waals surface area contributed by atoms with Crippen molar-refractivity contribution in [2.24, 2.45) is 0 Å². The van der Waals surface area contributed by atoms with Gasteiger partial charge in [-0.1, -0.05) is 6.07 Å². The fourth-order valence-electron chi connectivity index (χ4n) is 2.77. The number of nitrogens with zero attached hydrogens (tertiary/aromatic N) is 4. The lowest BCUT2D eigenvalue weighted by molar-refractivity contribution is -0.385. The molecule has 28 heavy (non-hydrogen) atoms. The van der Waals surface area contributed by atoms with E-state index in [1.54, 1.807) is 16.9 Å². The van der Waals surface area contributed by atoms with Crippen LogP contribution in [0.3, 0.4) is 0 Å².